The Morgan fingerprint density at radius 1 is 0.967 bits per heavy atom. The second kappa shape index (κ2) is 8.37. The van der Waals surface area contributed by atoms with E-state index in [0.717, 1.165) is 32.9 Å². The van der Waals surface area contributed by atoms with Crippen molar-refractivity contribution in [2.75, 3.05) is 21.3 Å². The number of benzene rings is 3. The summed E-state index contributed by atoms with van der Waals surface area (Å²) in [5.41, 5.74) is 2.49. The molecule has 0 aliphatic carbocycles. The summed E-state index contributed by atoms with van der Waals surface area (Å²) in [5.74, 6) is 1.52. The van der Waals surface area contributed by atoms with E-state index in [4.69, 9.17) is 18.6 Å². The van der Waals surface area contributed by atoms with E-state index >= 15 is 0 Å². The second-order valence-electron chi connectivity index (χ2n) is 6.91. The molecule has 1 amide bonds. The fourth-order valence-corrected chi connectivity index (χ4v) is 3.68. The van der Waals surface area contributed by atoms with Crippen LogP contribution >= 0.6 is 0 Å². The Balaban J connectivity index is 1.53. The molecule has 0 unspecified atom stereocenters. The molecule has 1 N–H and O–H groups in total. The zero-order chi connectivity index (χ0) is 21.1. The average Bonchev–Trinajstić information content (AvgIpc) is 3.20. The number of carbonyl (C=O) groups is 1. The summed E-state index contributed by atoms with van der Waals surface area (Å²) in [7, 11) is 4.68. The number of amides is 1. The smallest absolute Gasteiger partial charge is 0.224 e. The maximum Gasteiger partial charge on any atom is 0.224 e. The van der Waals surface area contributed by atoms with Crippen LogP contribution in [0.25, 0.3) is 21.7 Å². The number of methoxy groups -OCH3 is 3. The molecule has 6 heteroatoms. The third-order valence-corrected chi connectivity index (χ3v) is 5.11. The second-order valence-corrected chi connectivity index (χ2v) is 6.91. The number of rotatable bonds is 7. The van der Waals surface area contributed by atoms with Crippen molar-refractivity contribution in [2.45, 2.75) is 13.0 Å². The molecule has 4 rings (SSSR count). The molecule has 0 bridgehead atoms. The molecule has 0 fully saturated rings. The summed E-state index contributed by atoms with van der Waals surface area (Å²) in [5, 5.41) is 6.14. The summed E-state index contributed by atoms with van der Waals surface area (Å²) in [6.07, 6.45) is 1.89. The molecule has 3 aromatic carbocycles. The molecule has 0 aliphatic heterocycles. The molecule has 0 atom stereocenters. The first-order valence-corrected chi connectivity index (χ1v) is 9.58. The first-order valence-electron chi connectivity index (χ1n) is 9.58. The Morgan fingerprint density at radius 3 is 2.40 bits per heavy atom. The van der Waals surface area contributed by atoms with Crippen LogP contribution in [0.15, 0.2) is 59.2 Å². The van der Waals surface area contributed by atoms with Crippen LogP contribution in [0, 0.1) is 0 Å². The van der Waals surface area contributed by atoms with Crippen LogP contribution < -0.4 is 19.5 Å². The number of hydrogen-bond donors (Lipinski definition) is 1. The summed E-state index contributed by atoms with van der Waals surface area (Å²) >= 11 is 0. The first kappa shape index (κ1) is 19.6. The lowest BCUT2D eigenvalue weighted by Gasteiger charge is -2.14. The van der Waals surface area contributed by atoms with Gasteiger partial charge in [0.1, 0.15) is 5.58 Å². The molecule has 30 heavy (non-hydrogen) atoms. The van der Waals surface area contributed by atoms with Gasteiger partial charge in [0.2, 0.25) is 11.7 Å². The maximum absolute atomic E-state index is 12.7. The van der Waals surface area contributed by atoms with Gasteiger partial charge in [-0.25, -0.2) is 0 Å². The molecule has 154 valence electrons. The van der Waals surface area contributed by atoms with Gasteiger partial charge in [0.15, 0.2) is 11.5 Å². The average molecular weight is 405 g/mol. The first-order chi connectivity index (χ1) is 14.6. The molecular formula is C24H23NO5. The van der Waals surface area contributed by atoms with Crippen molar-refractivity contribution in [1.82, 2.24) is 5.32 Å². The van der Waals surface area contributed by atoms with Gasteiger partial charge in [-0.3, -0.25) is 4.79 Å². The Bertz CT molecular complexity index is 1190. The Kier molecular flexibility index (Phi) is 5.48. The van der Waals surface area contributed by atoms with Crippen LogP contribution in [0.2, 0.25) is 0 Å². The van der Waals surface area contributed by atoms with Gasteiger partial charge in [-0.05, 0) is 34.5 Å². The van der Waals surface area contributed by atoms with E-state index in [9.17, 15) is 4.79 Å². The normalized spacial score (nSPS) is 10.9. The zero-order valence-electron chi connectivity index (χ0n) is 17.2. The molecule has 0 saturated carbocycles. The summed E-state index contributed by atoms with van der Waals surface area (Å²) in [6.45, 7) is 0.339. The van der Waals surface area contributed by atoms with Crippen LogP contribution in [-0.4, -0.2) is 27.2 Å². The molecular weight excluding hydrogens is 382 g/mol. The molecule has 1 aromatic heterocycles. The van der Waals surface area contributed by atoms with Crippen LogP contribution in [-0.2, 0) is 17.8 Å². The number of ether oxygens (including phenoxy) is 3. The minimum Gasteiger partial charge on any atom is -0.493 e. The largest absolute Gasteiger partial charge is 0.493 e. The Morgan fingerprint density at radius 2 is 1.70 bits per heavy atom. The fourth-order valence-electron chi connectivity index (χ4n) is 3.68. The molecule has 0 aliphatic rings. The number of nitrogens with one attached hydrogen (secondary N) is 1. The van der Waals surface area contributed by atoms with Gasteiger partial charge in [0, 0.05) is 17.5 Å². The van der Waals surface area contributed by atoms with E-state index < -0.39 is 0 Å². The molecule has 6 nitrogen and oxygen atoms in total. The summed E-state index contributed by atoms with van der Waals surface area (Å²) in [4.78, 5) is 12.7. The van der Waals surface area contributed by atoms with E-state index in [1.165, 1.54) is 0 Å². The monoisotopic (exact) mass is 405 g/mol. The highest BCUT2D eigenvalue weighted by atomic mass is 16.5. The van der Waals surface area contributed by atoms with Gasteiger partial charge in [0.25, 0.3) is 0 Å². The standard InChI is InChI=1S/C24H23NO5/c1-27-20-10-15(11-21(28-2)24(20)29-3)13-25-22(26)12-17-14-30-19-9-8-16-6-4-5-7-18(16)23(17)19/h4-11,14H,12-13H2,1-3H3,(H,25,26). The highest BCUT2D eigenvalue weighted by molar-refractivity contribution is 6.08. The van der Waals surface area contributed by atoms with E-state index in [1.807, 2.05) is 42.5 Å². The number of hydrogen-bond acceptors (Lipinski definition) is 5. The lowest BCUT2D eigenvalue weighted by Crippen LogP contribution is -2.24. The predicted molar refractivity (Wildman–Crippen MR) is 115 cm³/mol. The molecule has 0 radical (unpaired) electrons. The molecule has 0 spiro atoms. The van der Waals surface area contributed by atoms with Crippen molar-refractivity contribution in [3.63, 3.8) is 0 Å². The van der Waals surface area contributed by atoms with Crippen LogP contribution in [0.1, 0.15) is 11.1 Å². The third-order valence-electron chi connectivity index (χ3n) is 5.11. The van der Waals surface area contributed by atoms with Gasteiger partial charge < -0.3 is 23.9 Å². The Hall–Kier alpha value is -3.67. The maximum atomic E-state index is 12.7. The van der Waals surface area contributed by atoms with Gasteiger partial charge in [-0.2, -0.15) is 0 Å². The van der Waals surface area contributed by atoms with E-state index in [0.29, 0.717) is 23.8 Å². The van der Waals surface area contributed by atoms with Crippen molar-refractivity contribution < 1.29 is 23.4 Å². The van der Waals surface area contributed by atoms with E-state index in [1.54, 1.807) is 27.6 Å². The minimum absolute atomic E-state index is 0.0978. The van der Waals surface area contributed by atoms with Crippen molar-refractivity contribution in [3.05, 3.63) is 65.9 Å². The van der Waals surface area contributed by atoms with Gasteiger partial charge in [-0.1, -0.05) is 30.3 Å². The topological polar surface area (TPSA) is 69.9 Å². The summed E-state index contributed by atoms with van der Waals surface area (Å²) in [6, 6.07) is 15.7. The van der Waals surface area contributed by atoms with Crippen LogP contribution in [0.3, 0.4) is 0 Å². The highest BCUT2D eigenvalue weighted by Gasteiger charge is 2.15. The van der Waals surface area contributed by atoms with Crippen LogP contribution in [0.4, 0.5) is 0 Å². The van der Waals surface area contributed by atoms with Crippen molar-refractivity contribution >= 4 is 27.6 Å². The van der Waals surface area contributed by atoms with Crippen molar-refractivity contribution in [1.29, 1.82) is 0 Å². The van der Waals surface area contributed by atoms with E-state index in [-0.39, 0.29) is 12.3 Å². The Labute approximate surface area is 174 Å². The van der Waals surface area contributed by atoms with Gasteiger partial charge >= 0.3 is 0 Å². The SMILES string of the molecule is COc1cc(CNC(=O)Cc2coc3ccc4ccccc4c23)cc(OC)c1OC. The lowest BCUT2D eigenvalue weighted by molar-refractivity contribution is -0.120. The molecule has 4 aromatic rings. The van der Waals surface area contributed by atoms with Gasteiger partial charge in [-0.15, -0.1) is 0 Å². The lowest BCUT2D eigenvalue weighted by atomic mass is 10.0. The number of carbonyl (C=O) groups excluding carboxylic acids is 1. The minimum atomic E-state index is -0.0978. The van der Waals surface area contributed by atoms with E-state index in [2.05, 4.69) is 11.4 Å². The molecule has 0 saturated heterocycles. The summed E-state index contributed by atoms with van der Waals surface area (Å²) < 4.78 is 21.8. The van der Waals surface area contributed by atoms with Crippen LogP contribution in [0.5, 0.6) is 17.2 Å². The molecule has 1 heterocycles. The van der Waals surface area contributed by atoms with Gasteiger partial charge in [0.05, 0.1) is 34.0 Å². The predicted octanol–water partition coefficient (Wildman–Crippen LogP) is 4.47. The zero-order valence-corrected chi connectivity index (χ0v) is 17.2. The number of fused-ring (bicyclic) bond motifs is 3. The number of furan rings is 1. The van der Waals surface area contributed by atoms with Crippen molar-refractivity contribution in [3.8, 4) is 17.2 Å². The van der Waals surface area contributed by atoms with Crippen molar-refractivity contribution in [2.24, 2.45) is 0 Å². The fraction of sp³-hybridized carbons (Fsp3) is 0.208. The quantitative estimate of drug-likeness (QED) is 0.491. The third kappa shape index (κ3) is 3.64. The highest BCUT2D eigenvalue weighted by Crippen LogP contribution is 2.38.